The first-order valence-electron chi connectivity index (χ1n) is 13.3. The second-order valence-electron chi connectivity index (χ2n) is 10.7. The standard InChI is InChI=1S/C29H36N4O5S/c1-18(2)29(16-35,26-12-23(32-38-26)6-5-11-34)15-33-14-24(36)13-25(33)28(37)31-19(3)21-7-9-22(10-8-21)27-20(4)30-17-39-27/h7-12,16-19,24-25,36H,5-6,13-15H2,1-4H3,(H,31,37)/t19-,24+,25-,29?/m0/s1. The van der Waals surface area contributed by atoms with Gasteiger partial charge >= 0.3 is 0 Å². The predicted octanol–water partition coefficient (Wildman–Crippen LogP) is 3.64. The van der Waals surface area contributed by atoms with E-state index < -0.39 is 17.6 Å². The molecule has 1 saturated heterocycles. The van der Waals surface area contributed by atoms with E-state index in [1.165, 1.54) is 0 Å². The minimum absolute atomic E-state index is 0.164. The molecule has 0 radical (unpaired) electrons. The fourth-order valence-electron chi connectivity index (χ4n) is 5.19. The average molecular weight is 553 g/mol. The number of β-amino-alcohol motifs (C(OH)–C–C–N with tert-alkyl or cyclic N) is 1. The van der Waals surface area contributed by atoms with Gasteiger partial charge in [0.25, 0.3) is 0 Å². The zero-order valence-electron chi connectivity index (χ0n) is 22.8. The zero-order valence-corrected chi connectivity index (χ0v) is 23.6. The van der Waals surface area contributed by atoms with Crippen molar-refractivity contribution in [3.05, 3.63) is 58.6 Å². The molecule has 2 N–H and O–H groups in total. The van der Waals surface area contributed by atoms with Crippen molar-refractivity contribution in [1.82, 2.24) is 20.4 Å². The monoisotopic (exact) mass is 552 g/mol. The highest BCUT2D eigenvalue weighted by Gasteiger charge is 2.46. The van der Waals surface area contributed by atoms with Crippen molar-refractivity contribution in [1.29, 1.82) is 0 Å². The number of nitrogens with zero attached hydrogens (tertiary/aromatic N) is 3. The summed E-state index contributed by atoms with van der Waals surface area (Å²) < 4.78 is 5.59. The number of benzene rings is 1. The molecule has 0 aliphatic carbocycles. The van der Waals surface area contributed by atoms with Crippen molar-refractivity contribution in [2.45, 2.75) is 70.6 Å². The molecule has 208 valence electrons. The van der Waals surface area contributed by atoms with Crippen LogP contribution < -0.4 is 5.32 Å². The zero-order chi connectivity index (χ0) is 28.2. The predicted molar refractivity (Wildman–Crippen MR) is 148 cm³/mol. The second-order valence-corrected chi connectivity index (χ2v) is 11.5. The Balaban J connectivity index is 1.49. The lowest BCUT2D eigenvalue weighted by atomic mass is 9.75. The lowest BCUT2D eigenvalue weighted by Crippen LogP contribution is -2.51. The molecule has 1 amide bonds. The lowest BCUT2D eigenvalue weighted by Gasteiger charge is -2.36. The topological polar surface area (TPSA) is 126 Å². The molecule has 9 nitrogen and oxygen atoms in total. The molecular weight excluding hydrogens is 516 g/mol. The van der Waals surface area contributed by atoms with Crippen molar-refractivity contribution in [3.8, 4) is 10.4 Å². The van der Waals surface area contributed by atoms with Gasteiger partial charge in [0.2, 0.25) is 5.91 Å². The number of hydrogen-bond donors (Lipinski definition) is 2. The summed E-state index contributed by atoms with van der Waals surface area (Å²) in [6.07, 6.45) is 2.00. The maximum Gasteiger partial charge on any atom is 0.237 e. The average Bonchev–Trinajstić information content (AvgIpc) is 3.66. The molecule has 2 aromatic heterocycles. The van der Waals surface area contributed by atoms with Crippen LogP contribution in [-0.4, -0.2) is 63.9 Å². The molecule has 10 heteroatoms. The van der Waals surface area contributed by atoms with Crippen molar-refractivity contribution in [2.24, 2.45) is 5.92 Å². The summed E-state index contributed by atoms with van der Waals surface area (Å²) in [7, 11) is 0. The Morgan fingerprint density at radius 1 is 1.28 bits per heavy atom. The summed E-state index contributed by atoms with van der Waals surface area (Å²) in [4.78, 5) is 44.1. The van der Waals surface area contributed by atoms with Crippen LogP contribution in [-0.2, 0) is 26.2 Å². The molecule has 1 aliphatic rings. The number of carbonyl (C=O) groups excluding carboxylic acids is 3. The normalized spacial score (nSPS) is 20.1. The Hall–Kier alpha value is -3.21. The fraction of sp³-hybridized carbons (Fsp3) is 0.483. The quantitative estimate of drug-likeness (QED) is 0.326. The van der Waals surface area contributed by atoms with Gasteiger partial charge in [-0.25, -0.2) is 4.98 Å². The first-order chi connectivity index (χ1) is 18.7. The summed E-state index contributed by atoms with van der Waals surface area (Å²) in [6.45, 7) is 8.22. The maximum atomic E-state index is 13.5. The molecule has 3 aromatic rings. The second kappa shape index (κ2) is 12.3. The largest absolute Gasteiger partial charge is 0.392 e. The van der Waals surface area contributed by atoms with Gasteiger partial charge < -0.3 is 24.5 Å². The fourth-order valence-corrected chi connectivity index (χ4v) is 6.00. The van der Waals surface area contributed by atoms with E-state index in [0.29, 0.717) is 24.3 Å². The lowest BCUT2D eigenvalue weighted by molar-refractivity contribution is -0.127. The van der Waals surface area contributed by atoms with Crippen LogP contribution in [0.15, 0.2) is 40.4 Å². The number of hydrogen-bond acceptors (Lipinski definition) is 9. The van der Waals surface area contributed by atoms with Crippen LogP contribution in [0.2, 0.25) is 0 Å². The van der Waals surface area contributed by atoms with Crippen molar-refractivity contribution in [2.75, 3.05) is 13.1 Å². The Labute approximate surface area is 232 Å². The molecule has 39 heavy (non-hydrogen) atoms. The summed E-state index contributed by atoms with van der Waals surface area (Å²) in [6, 6.07) is 8.95. The first kappa shape index (κ1) is 28.8. The van der Waals surface area contributed by atoms with Crippen LogP contribution in [0.5, 0.6) is 0 Å². The van der Waals surface area contributed by atoms with E-state index >= 15 is 0 Å². The van der Waals surface area contributed by atoms with Crippen molar-refractivity contribution in [3.63, 3.8) is 0 Å². The molecule has 1 unspecified atom stereocenters. The van der Waals surface area contributed by atoms with Crippen LogP contribution in [0.4, 0.5) is 0 Å². The summed E-state index contributed by atoms with van der Waals surface area (Å²) in [5, 5.41) is 17.7. The van der Waals surface area contributed by atoms with E-state index in [2.05, 4.69) is 15.5 Å². The molecule has 0 bridgehead atoms. The minimum atomic E-state index is -1.06. The SMILES string of the molecule is Cc1ncsc1-c1ccc([C@H](C)NC(=O)[C@@H]2C[C@@H](O)CN2CC(C=O)(c2cc(CCC=O)no2)C(C)C)cc1. The first-order valence-corrected chi connectivity index (χ1v) is 14.2. The highest BCUT2D eigenvalue weighted by Crippen LogP contribution is 2.35. The number of carbonyl (C=O) groups is 3. The Bertz CT molecular complexity index is 1290. The van der Waals surface area contributed by atoms with Crippen LogP contribution in [0.1, 0.15) is 62.4 Å². The van der Waals surface area contributed by atoms with E-state index in [-0.39, 0.29) is 37.4 Å². The third-order valence-electron chi connectivity index (χ3n) is 7.70. The van der Waals surface area contributed by atoms with Gasteiger partial charge in [-0.3, -0.25) is 9.69 Å². The van der Waals surface area contributed by atoms with Gasteiger partial charge in [0.05, 0.1) is 40.0 Å². The van der Waals surface area contributed by atoms with Gasteiger partial charge in [0.1, 0.15) is 18.0 Å². The molecule has 0 saturated carbocycles. The number of thiazole rings is 1. The summed E-state index contributed by atoms with van der Waals surface area (Å²) >= 11 is 1.60. The van der Waals surface area contributed by atoms with E-state index in [4.69, 9.17) is 4.52 Å². The van der Waals surface area contributed by atoms with Gasteiger partial charge in [-0.05, 0) is 43.7 Å². The van der Waals surface area contributed by atoms with Gasteiger partial charge in [0, 0.05) is 25.6 Å². The van der Waals surface area contributed by atoms with Crippen molar-refractivity contribution < 1.29 is 24.0 Å². The number of rotatable bonds is 12. The molecule has 3 heterocycles. The Kier molecular flexibility index (Phi) is 9.09. The molecule has 4 rings (SSSR count). The number of aryl methyl sites for hydroxylation is 2. The van der Waals surface area contributed by atoms with E-state index in [1.807, 2.05) is 62.4 Å². The number of aliphatic hydroxyl groups excluding tert-OH is 1. The molecule has 0 spiro atoms. The number of amides is 1. The molecule has 1 aromatic carbocycles. The summed E-state index contributed by atoms with van der Waals surface area (Å²) in [5.74, 6) is 0.0377. The van der Waals surface area contributed by atoms with Gasteiger partial charge in [0.15, 0.2) is 5.76 Å². The van der Waals surface area contributed by atoms with Crippen LogP contribution >= 0.6 is 11.3 Å². The number of aromatic nitrogens is 2. The molecular formula is C29H36N4O5S. The summed E-state index contributed by atoms with van der Waals surface area (Å²) in [5.41, 5.74) is 4.41. The van der Waals surface area contributed by atoms with E-state index in [1.54, 1.807) is 17.4 Å². The molecule has 4 atom stereocenters. The minimum Gasteiger partial charge on any atom is -0.392 e. The Morgan fingerprint density at radius 3 is 2.64 bits per heavy atom. The molecule has 1 aliphatic heterocycles. The molecule has 1 fully saturated rings. The highest BCUT2D eigenvalue weighted by molar-refractivity contribution is 7.13. The van der Waals surface area contributed by atoms with E-state index in [0.717, 1.165) is 34.3 Å². The van der Waals surface area contributed by atoms with E-state index in [9.17, 15) is 19.5 Å². The van der Waals surface area contributed by atoms with Gasteiger partial charge in [-0.15, -0.1) is 11.3 Å². The number of aliphatic hydroxyl groups is 1. The Morgan fingerprint density at radius 2 is 2.03 bits per heavy atom. The van der Waals surface area contributed by atoms with Crippen LogP contribution in [0.25, 0.3) is 10.4 Å². The third kappa shape index (κ3) is 6.18. The number of aldehydes is 2. The van der Waals surface area contributed by atoms with Crippen LogP contribution in [0.3, 0.4) is 0 Å². The van der Waals surface area contributed by atoms with Crippen LogP contribution in [0, 0.1) is 12.8 Å². The highest BCUT2D eigenvalue weighted by atomic mass is 32.1. The van der Waals surface area contributed by atoms with Gasteiger partial charge in [-0.2, -0.15) is 0 Å². The maximum absolute atomic E-state index is 13.5. The number of likely N-dealkylation sites (tertiary alicyclic amines) is 1. The van der Waals surface area contributed by atoms with Crippen molar-refractivity contribution >= 4 is 29.8 Å². The smallest absolute Gasteiger partial charge is 0.237 e. The third-order valence-corrected chi connectivity index (χ3v) is 8.68. The van der Waals surface area contributed by atoms with Gasteiger partial charge in [-0.1, -0.05) is 43.3 Å². The number of nitrogens with one attached hydrogen (secondary N) is 1.